The predicted molar refractivity (Wildman–Crippen MR) is 81.4 cm³/mol. The van der Waals surface area contributed by atoms with Gasteiger partial charge in [0.15, 0.2) is 0 Å². The van der Waals surface area contributed by atoms with Crippen LogP contribution in [0.15, 0.2) is 0 Å². The Kier molecular flexibility index (Phi) is 5.59. The summed E-state index contributed by atoms with van der Waals surface area (Å²) in [5.41, 5.74) is -1.15. The molecule has 0 saturated carbocycles. The maximum absolute atomic E-state index is 12.1. The van der Waals surface area contributed by atoms with E-state index < -0.39 is 23.3 Å². The molecule has 6 nitrogen and oxygen atoms in total. The summed E-state index contributed by atoms with van der Waals surface area (Å²) in [7, 11) is 0. The first-order valence-electron chi connectivity index (χ1n) is 7.58. The summed E-state index contributed by atoms with van der Waals surface area (Å²) in [5.74, 6) is -0.397. The zero-order valence-corrected chi connectivity index (χ0v) is 14.3. The molecule has 2 atom stereocenters. The van der Waals surface area contributed by atoms with E-state index in [9.17, 15) is 14.4 Å². The van der Waals surface area contributed by atoms with Gasteiger partial charge in [-0.05, 0) is 53.9 Å². The monoisotopic (exact) mass is 313 g/mol. The summed E-state index contributed by atoms with van der Waals surface area (Å²) >= 11 is 0. The third kappa shape index (κ3) is 6.03. The van der Waals surface area contributed by atoms with Gasteiger partial charge in [-0.2, -0.15) is 0 Å². The lowest BCUT2D eigenvalue weighted by Gasteiger charge is -2.26. The minimum Gasteiger partial charge on any atom is -0.460 e. The molecule has 1 aliphatic rings. The highest BCUT2D eigenvalue weighted by atomic mass is 16.6. The van der Waals surface area contributed by atoms with E-state index in [4.69, 9.17) is 9.47 Å². The van der Waals surface area contributed by atoms with Gasteiger partial charge >= 0.3 is 12.1 Å². The summed E-state index contributed by atoms with van der Waals surface area (Å²) in [6.07, 6.45) is 0.873. The highest BCUT2D eigenvalue weighted by molar-refractivity contribution is 5.75. The fraction of sp³-hybridized carbons (Fsp3) is 0.812. The molecule has 6 heteroatoms. The molecule has 1 rings (SSSR count). The molecule has 1 aliphatic heterocycles. The zero-order valence-electron chi connectivity index (χ0n) is 14.3. The minimum absolute atomic E-state index is 0.0856. The number of hydrogen-bond donors (Lipinski definition) is 0. The van der Waals surface area contributed by atoms with Crippen LogP contribution in [0.1, 0.15) is 54.4 Å². The Hall–Kier alpha value is -1.59. The standard InChI is InChI=1S/C16H27NO5/c1-15(2,3)21-13(19)8-11-7-12(10-18)17(9-11)14(20)22-16(4,5)6/h10-12H,7-9H2,1-6H3/t11-,12+/m1/s1. The third-order valence-corrected chi connectivity index (χ3v) is 3.09. The van der Waals surface area contributed by atoms with Crippen LogP contribution in [0.5, 0.6) is 0 Å². The first-order valence-corrected chi connectivity index (χ1v) is 7.58. The van der Waals surface area contributed by atoms with Crippen molar-refractivity contribution >= 4 is 18.3 Å². The number of carbonyl (C=O) groups is 3. The molecular weight excluding hydrogens is 286 g/mol. The molecule has 0 aliphatic carbocycles. The van der Waals surface area contributed by atoms with E-state index in [0.717, 1.165) is 6.29 Å². The second kappa shape index (κ2) is 6.67. The second-order valence-electron chi connectivity index (χ2n) is 7.73. The van der Waals surface area contributed by atoms with E-state index in [1.807, 2.05) is 0 Å². The van der Waals surface area contributed by atoms with Gasteiger partial charge in [0, 0.05) is 6.54 Å². The Balaban J connectivity index is 2.63. The van der Waals surface area contributed by atoms with Crippen molar-refractivity contribution in [1.29, 1.82) is 0 Å². The molecule has 0 aromatic carbocycles. The number of amides is 1. The van der Waals surface area contributed by atoms with Crippen molar-refractivity contribution in [1.82, 2.24) is 4.90 Å². The highest BCUT2D eigenvalue weighted by Crippen LogP contribution is 2.27. The number of likely N-dealkylation sites (tertiary alicyclic amines) is 1. The molecule has 1 heterocycles. The molecule has 0 bridgehead atoms. The molecular formula is C16H27NO5. The Bertz CT molecular complexity index is 433. The fourth-order valence-corrected chi connectivity index (χ4v) is 2.38. The third-order valence-electron chi connectivity index (χ3n) is 3.09. The first-order chi connectivity index (χ1) is 9.91. The lowest BCUT2D eigenvalue weighted by atomic mass is 10.0. The van der Waals surface area contributed by atoms with Crippen molar-refractivity contribution in [3.05, 3.63) is 0 Å². The number of rotatable bonds is 3. The second-order valence-corrected chi connectivity index (χ2v) is 7.73. The number of nitrogens with zero attached hydrogens (tertiary/aromatic N) is 1. The normalized spacial score (nSPS) is 22.4. The predicted octanol–water partition coefficient (Wildman–Crippen LogP) is 2.54. The van der Waals surface area contributed by atoms with Crippen LogP contribution in [0, 0.1) is 5.92 Å². The Morgan fingerprint density at radius 2 is 1.64 bits per heavy atom. The average Bonchev–Trinajstić information content (AvgIpc) is 2.66. The zero-order chi connectivity index (χ0) is 17.1. The van der Waals surface area contributed by atoms with E-state index in [0.29, 0.717) is 13.0 Å². The van der Waals surface area contributed by atoms with Crippen molar-refractivity contribution in [3.8, 4) is 0 Å². The molecule has 0 radical (unpaired) electrons. The first kappa shape index (κ1) is 18.5. The van der Waals surface area contributed by atoms with Gasteiger partial charge in [0.25, 0.3) is 0 Å². The Morgan fingerprint density at radius 1 is 1.09 bits per heavy atom. The summed E-state index contributed by atoms with van der Waals surface area (Å²) in [5, 5.41) is 0. The van der Waals surface area contributed by atoms with Crippen LogP contribution < -0.4 is 0 Å². The average molecular weight is 313 g/mol. The SMILES string of the molecule is CC(C)(C)OC(=O)C[C@H]1C[C@@H](C=O)N(C(=O)OC(C)(C)C)C1. The minimum atomic E-state index is -0.617. The van der Waals surface area contributed by atoms with Crippen LogP contribution in [-0.2, 0) is 19.1 Å². The molecule has 0 aromatic rings. The molecule has 1 amide bonds. The van der Waals surface area contributed by atoms with E-state index in [2.05, 4.69) is 0 Å². The number of aldehydes is 1. The molecule has 0 N–H and O–H groups in total. The van der Waals surface area contributed by atoms with E-state index in [1.165, 1.54) is 4.90 Å². The maximum atomic E-state index is 12.1. The van der Waals surface area contributed by atoms with Gasteiger partial charge in [0.1, 0.15) is 17.5 Å². The van der Waals surface area contributed by atoms with Gasteiger partial charge in [0.2, 0.25) is 0 Å². The summed E-state index contributed by atoms with van der Waals surface area (Å²) in [6, 6.07) is -0.540. The fourth-order valence-electron chi connectivity index (χ4n) is 2.38. The summed E-state index contributed by atoms with van der Waals surface area (Å²) in [6.45, 7) is 11.1. The van der Waals surface area contributed by atoms with Gasteiger partial charge in [-0.15, -0.1) is 0 Å². The van der Waals surface area contributed by atoms with Crippen molar-refractivity contribution in [3.63, 3.8) is 0 Å². The summed E-state index contributed by atoms with van der Waals surface area (Å²) in [4.78, 5) is 36.6. The van der Waals surface area contributed by atoms with Crippen molar-refractivity contribution < 1.29 is 23.9 Å². The highest BCUT2D eigenvalue weighted by Gasteiger charge is 2.38. The van der Waals surface area contributed by atoms with Gasteiger partial charge in [-0.1, -0.05) is 0 Å². The molecule has 22 heavy (non-hydrogen) atoms. The van der Waals surface area contributed by atoms with Gasteiger partial charge in [0.05, 0.1) is 12.5 Å². The van der Waals surface area contributed by atoms with Crippen LogP contribution in [0.3, 0.4) is 0 Å². The van der Waals surface area contributed by atoms with Crippen LogP contribution in [-0.4, -0.2) is 47.0 Å². The van der Waals surface area contributed by atoms with E-state index in [-0.39, 0.29) is 18.3 Å². The van der Waals surface area contributed by atoms with Crippen LogP contribution in [0.2, 0.25) is 0 Å². The lowest BCUT2D eigenvalue weighted by Crippen LogP contribution is -2.40. The van der Waals surface area contributed by atoms with Crippen LogP contribution >= 0.6 is 0 Å². The molecule has 1 saturated heterocycles. The Labute approximate surface area is 132 Å². The molecule has 0 aromatic heterocycles. The van der Waals surface area contributed by atoms with E-state index >= 15 is 0 Å². The maximum Gasteiger partial charge on any atom is 0.410 e. The topological polar surface area (TPSA) is 72.9 Å². The van der Waals surface area contributed by atoms with Crippen molar-refractivity contribution in [2.75, 3.05) is 6.54 Å². The Morgan fingerprint density at radius 3 is 2.09 bits per heavy atom. The lowest BCUT2D eigenvalue weighted by molar-refractivity contribution is -0.155. The number of carbonyl (C=O) groups excluding carboxylic acids is 3. The summed E-state index contributed by atoms with van der Waals surface area (Å²) < 4.78 is 10.6. The van der Waals surface area contributed by atoms with Crippen molar-refractivity contribution in [2.45, 2.75) is 71.6 Å². The van der Waals surface area contributed by atoms with E-state index in [1.54, 1.807) is 41.5 Å². The molecule has 0 spiro atoms. The number of hydrogen-bond acceptors (Lipinski definition) is 5. The van der Waals surface area contributed by atoms with Gasteiger partial charge in [-0.3, -0.25) is 9.69 Å². The van der Waals surface area contributed by atoms with Crippen LogP contribution in [0.25, 0.3) is 0 Å². The van der Waals surface area contributed by atoms with Gasteiger partial charge < -0.3 is 14.3 Å². The smallest absolute Gasteiger partial charge is 0.410 e. The van der Waals surface area contributed by atoms with Gasteiger partial charge in [-0.25, -0.2) is 4.79 Å². The largest absolute Gasteiger partial charge is 0.460 e. The van der Waals surface area contributed by atoms with Crippen LogP contribution in [0.4, 0.5) is 4.79 Å². The number of ether oxygens (including phenoxy) is 2. The number of esters is 1. The molecule has 0 unspecified atom stereocenters. The van der Waals surface area contributed by atoms with Crippen molar-refractivity contribution in [2.24, 2.45) is 5.92 Å². The molecule has 1 fully saturated rings. The quantitative estimate of drug-likeness (QED) is 0.591. The molecule has 126 valence electrons.